The third kappa shape index (κ3) is 4.90. The third-order valence-corrected chi connectivity index (χ3v) is 5.95. The van der Waals surface area contributed by atoms with Crippen LogP contribution in [0.4, 0.5) is 17.1 Å². The molecule has 0 radical (unpaired) electrons. The summed E-state index contributed by atoms with van der Waals surface area (Å²) in [7, 11) is -3.64. The van der Waals surface area contributed by atoms with Crippen LogP contribution in [0.1, 0.15) is 12.8 Å². The standard InChI is InChI=1S/C19H20BrN3O4S/c1-28(26,27)23(17-5-2-4-14(20)12-17)13-18(24)21-15-7-9-16(10-8-15)22-11-3-6-19(22)25/h2,4-5,7-10,12H,3,6,11,13H2,1H3,(H,21,24). The maximum Gasteiger partial charge on any atom is 0.245 e. The lowest BCUT2D eigenvalue weighted by Crippen LogP contribution is -2.37. The average Bonchev–Trinajstić information content (AvgIpc) is 3.05. The van der Waals surface area contributed by atoms with Gasteiger partial charge in [-0.1, -0.05) is 22.0 Å². The van der Waals surface area contributed by atoms with Crippen LogP contribution in [0.15, 0.2) is 53.0 Å². The van der Waals surface area contributed by atoms with Gasteiger partial charge in [0.05, 0.1) is 11.9 Å². The number of nitrogens with one attached hydrogen (secondary N) is 1. The van der Waals surface area contributed by atoms with E-state index in [9.17, 15) is 18.0 Å². The topological polar surface area (TPSA) is 86.8 Å². The molecule has 0 unspecified atom stereocenters. The van der Waals surface area contributed by atoms with Crippen molar-refractivity contribution in [1.29, 1.82) is 0 Å². The van der Waals surface area contributed by atoms with Crippen LogP contribution < -0.4 is 14.5 Å². The molecule has 2 amide bonds. The first-order valence-corrected chi connectivity index (χ1v) is 11.3. The molecule has 0 aromatic heterocycles. The summed E-state index contributed by atoms with van der Waals surface area (Å²) in [4.78, 5) is 25.9. The van der Waals surface area contributed by atoms with E-state index in [2.05, 4.69) is 21.2 Å². The maximum atomic E-state index is 12.4. The van der Waals surface area contributed by atoms with Crippen molar-refractivity contribution in [3.63, 3.8) is 0 Å². The Morgan fingerprint density at radius 1 is 1.21 bits per heavy atom. The lowest BCUT2D eigenvalue weighted by Gasteiger charge is -2.22. The highest BCUT2D eigenvalue weighted by Gasteiger charge is 2.23. The molecule has 0 bridgehead atoms. The van der Waals surface area contributed by atoms with Crippen LogP contribution in [-0.2, 0) is 19.6 Å². The number of anilines is 3. The molecule has 1 heterocycles. The Labute approximate surface area is 172 Å². The van der Waals surface area contributed by atoms with Crippen LogP contribution in [-0.4, -0.2) is 39.6 Å². The summed E-state index contributed by atoms with van der Waals surface area (Å²) in [5.41, 5.74) is 1.71. The predicted molar refractivity (Wildman–Crippen MR) is 113 cm³/mol. The first kappa shape index (κ1) is 20.3. The third-order valence-electron chi connectivity index (χ3n) is 4.32. The van der Waals surface area contributed by atoms with Gasteiger partial charge < -0.3 is 10.2 Å². The van der Waals surface area contributed by atoms with Gasteiger partial charge in [-0.05, 0) is 48.9 Å². The quantitative estimate of drug-likeness (QED) is 0.710. The van der Waals surface area contributed by atoms with E-state index in [0.29, 0.717) is 28.8 Å². The van der Waals surface area contributed by atoms with Gasteiger partial charge in [0.25, 0.3) is 0 Å². The van der Waals surface area contributed by atoms with E-state index in [0.717, 1.165) is 22.7 Å². The molecule has 9 heteroatoms. The molecule has 1 aliphatic heterocycles. The zero-order valence-corrected chi connectivity index (χ0v) is 17.7. The summed E-state index contributed by atoms with van der Waals surface area (Å²) in [5, 5.41) is 2.70. The number of hydrogen-bond acceptors (Lipinski definition) is 4. The van der Waals surface area contributed by atoms with Crippen molar-refractivity contribution >= 4 is 54.8 Å². The Kier molecular flexibility index (Phi) is 6.04. The molecular formula is C19H20BrN3O4S. The van der Waals surface area contributed by atoms with Gasteiger partial charge in [0.2, 0.25) is 21.8 Å². The summed E-state index contributed by atoms with van der Waals surface area (Å²) >= 11 is 3.31. The van der Waals surface area contributed by atoms with Crippen LogP contribution in [0.2, 0.25) is 0 Å². The van der Waals surface area contributed by atoms with E-state index >= 15 is 0 Å². The number of hydrogen-bond donors (Lipinski definition) is 1. The first-order chi connectivity index (χ1) is 13.2. The fourth-order valence-corrected chi connectivity index (χ4v) is 4.24. The van der Waals surface area contributed by atoms with Gasteiger partial charge in [-0.25, -0.2) is 8.42 Å². The fourth-order valence-electron chi connectivity index (χ4n) is 3.01. The van der Waals surface area contributed by atoms with Gasteiger partial charge >= 0.3 is 0 Å². The molecule has 0 saturated carbocycles. The summed E-state index contributed by atoms with van der Waals surface area (Å²) in [6, 6.07) is 13.7. The molecule has 0 atom stereocenters. The van der Waals surface area contributed by atoms with E-state index < -0.39 is 15.9 Å². The summed E-state index contributed by atoms with van der Waals surface area (Å²) in [5.74, 6) is -0.370. The molecule has 3 rings (SSSR count). The van der Waals surface area contributed by atoms with Gasteiger partial charge in [-0.3, -0.25) is 13.9 Å². The van der Waals surface area contributed by atoms with Crippen molar-refractivity contribution in [2.24, 2.45) is 0 Å². The highest BCUT2D eigenvalue weighted by molar-refractivity contribution is 9.10. The highest BCUT2D eigenvalue weighted by Crippen LogP contribution is 2.24. The number of benzene rings is 2. The minimum Gasteiger partial charge on any atom is -0.325 e. The lowest BCUT2D eigenvalue weighted by molar-refractivity contribution is -0.117. The monoisotopic (exact) mass is 465 g/mol. The van der Waals surface area contributed by atoms with Crippen molar-refractivity contribution < 1.29 is 18.0 Å². The molecule has 1 N–H and O–H groups in total. The summed E-state index contributed by atoms with van der Waals surface area (Å²) in [6.07, 6.45) is 2.45. The van der Waals surface area contributed by atoms with Crippen molar-refractivity contribution in [3.8, 4) is 0 Å². The van der Waals surface area contributed by atoms with Crippen molar-refractivity contribution in [2.75, 3.05) is 33.9 Å². The average molecular weight is 466 g/mol. The molecule has 7 nitrogen and oxygen atoms in total. The number of rotatable bonds is 6. The van der Waals surface area contributed by atoms with E-state index in [1.165, 1.54) is 0 Å². The second-order valence-electron chi connectivity index (χ2n) is 6.49. The Hall–Kier alpha value is -2.39. The maximum absolute atomic E-state index is 12.4. The number of nitrogens with zero attached hydrogens (tertiary/aromatic N) is 2. The zero-order chi connectivity index (χ0) is 20.3. The molecule has 2 aromatic rings. The lowest BCUT2D eigenvalue weighted by atomic mass is 10.2. The van der Waals surface area contributed by atoms with Crippen molar-refractivity contribution in [2.45, 2.75) is 12.8 Å². The van der Waals surface area contributed by atoms with Gasteiger partial charge in [0.1, 0.15) is 6.54 Å². The molecule has 148 valence electrons. The van der Waals surface area contributed by atoms with E-state index in [1.807, 2.05) is 0 Å². The molecule has 1 fully saturated rings. The van der Waals surface area contributed by atoms with Crippen LogP contribution in [0, 0.1) is 0 Å². The second kappa shape index (κ2) is 8.32. The normalized spacial score (nSPS) is 14.2. The Balaban J connectivity index is 1.70. The number of carbonyl (C=O) groups excluding carboxylic acids is 2. The van der Waals surface area contributed by atoms with Gasteiger partial charge in [0.15, 0.2) is 0 Å². The summed E-state index contributed by atoms with van der Waals surface area (Å²) in [6.45, 7) is 0.349. The molecule has 2 aromatic carbocycles. The first-order valence-electron chi connectivity index (χ1n) is 8.67. The van der Waals surface area contributed by atoms with E-state index in [1.54, 1.807) is 53.4 Å². The second-order valence-corrected chi connectivity index (χ2v) is 9.32. The number of carbonyl (C=O) groups is 2. The Bertz CT molecular complexity index is 992. The zero-order valence-electron chi connectivity index (χ0n) is 15.3. The SMILES string of the molecule is CS(=O)(=O)N(CC(=O)Nc1ccc(N2CCCC2=O)cc1)c1cccc(Br)c1. The molecular weight excluding hydrogens is 446 g/mol. The smallest absolute Gasteiger partial charge is 0.245 e. The summed E-state index contributed by atoms with van der Waals surface area (Å²) < 4.78 is 26.1. The van der Waals surface area contributed by atoms with Gasteiger partial charge in [-0.2, -0.15) is 0 Å². The molecule has 0 spiro atoms. The molecule has 0 aliphatic carbocycles. The van der Waals surface area contributed by atoms with Gasteiger partial charge in [0, 0.05) is 28.8 Å². The van der Waals surface area contributed by atoms with Crippen molar-refractivity contribution in [3.05, 3.63) is 53.0 Å². The molecule has 28 heavy (non-hydrogen) atoms. The fraction of sp³-hybridized carbons (Fsp3) is 0.263. The molecule has 1 saturated heterocycles. The van der Waals surface area contributed by atoms with Gasteiger partial charge in [-0.15, -0.1) is 0 Å². The van der Waals surface area contributed by atoms with Crippen LogP contribution in [0.25, 0.3) is 0 Å². The minimum atomic E-state index is -3.64. The van der Waals surface area contributed by atoms with Crippen LogP contribution >= 0.6 is 15.9 Å². The minimum absolute atomic E-state index is 0.0922. The number of halogens is 1. The van der Waals surface area contributed by atoms with Crippen molar-refractivity contribution in [1.82, 2.24) is 0 Å². The highest BCUT2D eigenvalue weighted by atomic mass is 79.9. The molecule has 1 aliphatic rings. The number of amides is 2. The van der Waals surface area contributed by atoms with E-state index in [4.69, 9.17) is 0 Å². The van der Waals surface area contributed by atoms with Crippen LogP contribution in [0.5, 0.6) is 0 Å². The number of sulfonamides is 1. The predicted octanol–water partition coefficient (Wildman–Crippen LogP) is 2.98. The van der Waals surface area contributed by atoms with E-state index in [-0.39, 0.29) is 12.5 Å². The Morgan fingerprint density at radius 2 is 1.93 bits per heavy atom. The largest absolute Gasteiger partial charge is 0.325 e. The Morgan fingerprint density at radius 3 is 2.50 bits per heavy atom. The van der Waals surface area contributed by atoms with Crippen LogP contribution in [0.3, 0.4) is 0 Å².